The number of imide groups is 1. The van der Waals surface area contributed by atoms with Gasteiger partial charge in [0.1, 0.15) is 6.04 Å². The minimum atomic E-state index is -0.943. The molecule has 1 aliphatic heterocycles. The molecule has 29 heavy (non-hydrogen) atoms. The largest absolute Gasteiger partial charge is 0.464 e. The van der Waals surface area contributed by atoms with E-state index in [0.717, 1.165) is 32.0 Å². The highest BCUT2D eigenvalue weighted by Crippen LogP contribution is 2.34. The van der Waals surface area contributed by atoms with Crippen molar-refractivity contribution in [2.24, 2.45) is 0 Å². The first-order valence-electron chi connectivity index (χ1n) is 9.17. The molecule has 1 heterocycles. The van der Waals surface area contributed by atoms with Crippen LogP contribution in [0.15, 0.2) is 63.2 Å². The topological polar surface area (TPSA) is 63.7 Å². The van der Waals surface area contributed by atoms with Crippen molar-refractivity contribution in [3.05, 3.63) is 64.6 Å². The molecule has 0 aromatic heterocycles. The molecule has 0 aliphatic carbocycles. The Morgan fingerprint density at radius 1 is 1.10 bits per heavy atom. The van der Waals surface area contributed by atoms with Crippen LogP contribution in [0.5, 0.6) is 0 Å². The molecule has 0 saturated carbocycles. The van der Waals surface area contributed by atoms with Crippen LogP contribution in [-0.2, 0) is 14.3 Å². The molecule has 1 saturated heterocycles. The van der Waals surface area contributed by atoms with Crippen LogP contribution in [0.1, 0.15) is 25.0 Å². The van der Waals surface area contributed by atoms with Crippen molar-refractivity contribution < 1.29 is 19.1 Å². The van der Waals surface area contributed by atoms with Crippen LogP contribution in [0.2, 0.25) is 0 Å². The minimum Gasteiger partial charge on any atom is -0.464 e. The lowest BCUT2D eigenvalue weighted by Gasteiger charge is -2.19. The van der Waals surface area contributed by atoms with Gasteiger partial charge < -0.3 is 4.74 Å². The van der Waals surface area contributed by atoms with E-state index in [9.17, 15) is 14.4 Å². The van der Waals surface area contributed by atoms with E-state index in [-0.39, 0.29) is 6.61 Å². The monoisotopic (exact) mass is 427 g/mol. The number of ether oxygens (including phenoxy) is 1. The van der Waals surface area contributed by atoms with Gasteiger partial charge in [0.25, 0.3) is 11.1 Å². The van der Waals surface area contributed by atoms with Crippen LogP contribution >= 0.6 is 23.5 Å². The van der Waals surface area contributed by atoms with Gasteiger partial charge >= 0.3 is 5.97 Å². The van der Waals surface area contributed by atoms with E-state index in [1.54, 1.807) is 24.8 Å². The lowest BCUT2D eigenvalue weighted by molar-refractivity contribution is -0.150. The third kappa shape index (κ3) is 5.10. The molecule has 0 spiro atoms. The summed E-state index contributed by atoms with van der Waals surface area (Å²) in [5, 5.41) is -0.464. The van der Waals surface area contributed by atoms with Crippen molar-refractivity contribution in [3.63, 3.8) is 0 Å². The molecule has 2 amide bonds. The zero-order chi connectivity index (χ0) is 21.0. The average molecular weight is 428 g/mol. The van der Waals surface area contributed by atoms with E-state index in [1.165, 1.54) is 12.5 Å². The second kappa shape index (κ2) is 9.33. The number of nitrogens with zero attached hydrogens (tertiary/aromatic N) is 1. The van der Waals surface area contributed by atoms with Gasteiger partial charge in [0.05, 0.1) is 11.5 Å². The lowest BCUT2D eigenvalue weighted by atomic mass is 10.2. The van der Waals surface area contributed by atoms with Gasteiger partial charge in [-0.1, -0.05) is 41.6 Å². The summed E-state index contributed by atoms with van der Waals surface area (Å²) in [6.07, 6.45) is 1.67. The summed E-state index contributed by atoms with van der Waals surface area (Å²) in [6.45, 7) is 5.42. The van der Waals surface area contributed by atoms with E-state index < -0.39 is 23.2 Å². The van der Waals surface area contributed by atoms with Crippen molar-refractivity contribution in [2.45, 2.75) is 36.6 Å². The van der Waals surface area contributed by atoms with E-state index >= 15 is 0 Å². The van der Waals surface area contributed by atoms with Gasteiger partial charge in [-0.15, -0.1) is 0 Å². The second-order valence-corrected chi connectivity index (χ2v) is 8.60. The first-order chi connectivity index (χ1) is 13.9. The van der Waals surface area contributed by atoms with Crippen LogP contribution in [0.3, 0.4) is 0 Å². The molecule has 2 aromatic carbocycles. The molecule has 0 bridgehead atoms. The molecule has 0 radical (unpaired) electrons. The summed E-state index contributed by atoms with van der Waals surface area (Å²) < 4.78 is 4.92. The highest BCUT2D eigenvalue weighted by molar-refractivity contribution is 8.18. The number of aryl methyl sites for hydroxylation is 1. The zero-order valence-corrected chi connectivity index (χ0v) is 18.0. The third-order valence-electron chi connectivity index (χ3n) is 4.27. The molecule has 150 valence electrons. The van der Waals surface area contributed by atoms with Crippen molar-refractivity contribution in [1.82, 2.24) is 4.90 Å². The van der Waals surface area contributed by atoms with E-state index in [2.05, 4.69) is 31.2 Å². The standard InChI is InChI=1S/C22H21NO4S2/c1-4-27-21(25)15(3)23-20(24)19(29-22(23)26)13-16-7-11-18(12-8-16)28-17-9-5-14(2)6-10-17/h5-13,15H,4H2,1-3H3/b19-13+/t15-/m0/s1. The highest BCUT2D eigenvalue weighted by atomic mass is 32.2. The molecule has 1 aliphatic rings. The molecule has 0 unspecified atom stereocenters. The summed E-state index contributed by atoms with van der Waals surface area (Å²) >= 11 is 2.49. The van der Waals surface area contributed by atoms with Gasteiger partial charge in [0.15, 0.2) is 0 Å². The van der Waals surface area contributed by atoms with E-state index in [1.807, 2.05) is 24.3 Å². The molecule has 1 atom stereocenters. The first kappa shape index (κ1) is 21.2. The first-order valence-corrected chi connectivity index (χ1v) is 10.8. The predicted molar refractivity (Wildman–Crippen MR) is 116 cm³/mol. The molecule has 2 aromatic rings. The highest BCUT2D eigenvalue weighted by Gasteiger charge is 2.41. The van der Waals surface area contributed by atoms with Gasteiger partial charge in [0, 0.05) is 9.79 Å². The van der Waals surface area contributed by atoms with Gasteiger partial charge in [0.2, 0.25) is 0 Å². The number of hydrogen-bond donors (Lipinski definition) is 0. The van der Waals surface area contributed by atoms with Crippen LogP contribution < -0.4 is 0 Å². The van der Waals surface area contributed by atoms with Gasteiger partial charge in [-0.05, 0) is 68.4 Å². The quantitative estimate of drug-likeness (QED) is 0.470. The number of benzene rings is 2. The SMILES string of the molecule is CCOC(=O)[C@H](C)N1C(=O)S/C(=C/c2ccc(Sc3ccc(C)cc3)cc2)C1=O. The Morgan fingerprint density at radius 2 is 1.69 bits per heavy atom. The predicted octanol–water partition coefficient (Wildman–Crippen LogP) is 5.13. The number of esters is 1. The third-order valence-corrected chi connectivity index (χ3v) is 6.17. The van der Waals surface area contributed by atoms with Gasteiger partial charge in [-0.2, -0.15) is 0 Å². The Morgan fingerprint density at radius 3 is 2.28 bits per heavy atom. The summed E-state index contributed by atoms with van der Waals surface area (Å²) in [4.78, 5) is 40.2. The van der Waals surface area contributed by atoms with Crippen LogP contribution in [0.4, 0.5) is 4.79 Å². The van der Waals surface area contributed by atoms with Crippen LogP contribution in [0, 0.1) is 6.92 Å². The fourth-order valence-electron chi connectivity index (χ4n) is 2.71. The Balaban J connectivity index is 1.71. The Hall–Kier alpha value is -2.51. The normalized spacial score (nSPS) is 16.4. The Kier molecular flexibility index (Phi) is 6.82. The number of thioether (sulfide) groups is 1. The fourth-order valence-corrected chi connectivity index (χ4v) is 4.43. The molecule has 1 fully saturated rings. The maximum absolute atomic E-state index is 12.6. The second-order valence-electron chi connectivity index (χ2n) is 6.46. The molecule has 0 N–H and O–H groups in total. The minimum absolute atomic E-state index is 0.197. The Labute approximate surface area is 178 Å². The maximum atomic E-state index is 12.6. The van der Waals surface area contributed by atoms with Crippen LogP contribution in [-0.4, -0.2) is 34.7 Å². The number of rotatable bonds is 6. The Bertz CT molecular complexity index is 952. The zero-order valence-electron chi connectivity index (χ0n) is 16.4. The van der Waals surface area contributed by atoms with Crippen molar-refractivity contribution in [3.8, 4) is 0 Å². The van der Waals surface area contributed by atoms with E-state index in [4.69, 9.17) is 4.74 Å². The van der Waals surface area contributed by atoms with E-state index in [0.29, 0.717) is 4.91 Å². The smallest absolute Gasteiger partial charge is 0.329 e. The summed E-state index contributed by atoms with van der Waals surface area (Å²) in [6, 6.07) is 15.1. The maximum Gasteiger partial charge on any atom is 0.329 e. The molecule has 5 nitrogen and oxygen atoms in total. The van der Waals surface area contributed by atoms with Crippen molar-refractivity contribution in [2.75, 3.05) is 6.61 Å². The van der Waals surface area contributed by atoms with Crippen molar-refractivity contribution >= 4 is 46.7 Å². The van der Waals surface area contributed by atoms with Gasteiger partial charge in [-0.25, -0.2) is 4.79 Å². The number of amides is 2. The molecular weight excluding hydrogens is 406 g/mol. The summed E-state index contributed by atoms with van der Waals surface area (Å²) in [5.74, 6) is -1.06. The lowest BCUT2D eigenvalue weighted by Crippen LogP contribution is -2.42. The van der Waals surface area contributed by atoms with Gasteiger partial charge in [-0.3, -0.25) is 14.5 Å². The molecular formula is C22H21NO4S2. The van der Waals surface area contributed by atoms with Crippen LogP contribution in [0.25, 0.3) is 6.08 Å². The van der Waals surface area contributed by atoms with Crippen molar-refractivity contribution in [1.29, 1.82) is 0 Å². The average Bonchev–Trinajstić information content (AvgIpc) is 2.98. The number of hydrogen-bond acceptors (Lipinski definition) is 6. The summed E-state index contributed by atoms with van der Waals surface area (Å²) in [7, 11) is 0. The number of carbonyl (C=O) groups is 3. The molecule has 7 heteroatoms. The number of carbonyl (C=O) groups excluding carboxylic acids is 3. The fraction of sp³-hybridized carbons (Fsp3) is 0.227. The summed E-state index contributed by atoms with van der Waals surface area (Å²) in [5.41, 5.74) is 2.03. The molecule has 3 rings (SSSR count).